The molecule has 2 aliphatic rings. The number of aromatic hydroxyl groups is 2. The minimum Gasteiger partial charge on any atom is -0.508 e. The van der Waals surface area contributed by atoms with Crippen molar-refractivity contribution in [1.82, 2.24) is 0 Å². The molecule has 2 aromatic carbocycles. The Balaban J connectivity index is 2.06. The van der Waals surface area contributed by atoms with Crippen molar-refractivity contribution in [2.45, 2.75) is 38.5 Å². The van der Waals surface area contributed by atoms with Crippen molar-refractivity contribution in [2.24, 2.45) is 22.7 Å². The van der Waals surface area contributed by atoms with Gasteiger partial charge in [0.25, 0.3) is 0 Å². The highest BCUT2D eigenvalue weighted by molar-refractivity contribution is 6.17. The lowest BCUT2D eigenvalue weighted by Gasteiger charge is -2.59. The van der Waals surface area contributed by atoms with Crippen LogP contribution in [0.1, 0.15) is 49.7 Å². The monoisotopic (exact) mass is 466 g/mol. The second-order valence-corrected chi connectivity index (χ2v) is 9.77. The predicted octanol–water partition coefficient (Wildman–Crippen LogP) is 3.93. The molecule has 2 bridgehead atoms. The van der Waals surface area contributed by atoms with Crippen LogP contribution in [0.2, 0.25) is 0 Å². The van der Waals surface area contributed by atoms with Crippen LogP contribution >= 0.6 is 0 Å². The minimum absolute atomic E-state index is 0.0710. The van der Waals surface area contributed by atoms with E-state index in [1.165, 1.54) is 38.5 Å². The highest BCUT2D eigenvalue weighted by atomic mass is 16.5. The average molecular weight is 467 g/mol. The lowest BCUT2D eigenvalue weighted by Crippen LogP contribution is -2.67. The SMILES string of the molecule is COC(=O)C12CC(C)CC(C(=O)OC)(C1=O)C(c1ccc(O)cc1)C(C)C2c1ccc(O)cc1. The number of carbonyl (C=O) groups is 3. The van der Waals surface area contributed by atoms with Gasteiger partial charge in [0.05, 0.1) is 14.2 Å². The van der Waals surface area contributed by atoms with E-state index in [1.54, 1.807) is 24.3 Å². The molecule has 2 aliphatic carbocycles. The number of carbonyl (C=O) groups excluding carboxylic acids is 3. The first-order valence-corrected chi connectivity index (χ1v) is 11.4. The van der Waals surface area contributed by atoms with E-state index in [1.807, 2.05) is 13.8 Å². The number of rotatable bonds is 4. The van der Waals surface area contributed by atoms with Gasteiger partial charge < -0.3 is 19.7 Å². The molecule has 0 heterocycles. The van der Waals surface area contributed by atoms with Crippen molar-refractivity contribution in [1.29, 1.82) is 0 Å². The van der Waals surface area contributed by atoms with Gasteiger partial charge >= 0.3 is 11.9 Å². The molecule has 4 rings (SSSR count). The molecule has 34 heavy (non-hydrogen) atoms. The van der Waals surface area contributed by atoms with E-state index < -0.39 is 40.4 Å². The van der Waals surface area contributed by atoms with Gasteiger partial charge in [0.1, 0.15) is 22.3 Å². The summed E-state index contributed by atoms with van der Waals surface area (Å²) in [5.41, 5.74) is -1.74. The number of ether oxygens (including phenoxy) is 2. The highest BCUT2D eigenvalue weighted by Crippen LogP contribution is 2.67. The fourth-order valence-electron chi connectivity index (χ4n) is 6.89. The molecular weight excluding hydrogens is 436 g/mol. The van der Waals surface area contributed by atoms with Crippen molar-refractivity contribution in [3.63, 3.8) is 0 Å². The summed E-state index contributed by atoms with van der Waals surface area (Å²) in [6, 6.07) is 13.0. The molecule has 0 aromatic heterocycles. The number of ketones is 1. The number of esters is 2. The molecule has 4 atom stereocenters. The van der Waals surface area contributed by atoms with Gasteiger partial charge in [-0.05, 0) is 60.1 Å². The number of phenols is 2. The Bertz CT molecular complexity index is 1020. The van der Waals surface area contributed by atoms with E-state index in [2.05, 4.69) is 0 Å². The molecule has 2 aromatic rings. The Morgan fingerprint density at radius 1 is 0.765 bits per heavy atom. The van der Waals surface area contributed by atoms with E-state index in [0.717, 1.165) is 0 Å². The van der Waals surface area contributed by atoms with Crippen molar-refractivity contribution in [3.8, 4) is 11.5 Å². The summed E-state index contributed by atoms with van der Waals surface area (Å²) in [4.78, 5) is 41.6. The number of fused-ring (bicyclic) bond motifs is 2. The van der Waals surface area contributed by atoms with Gasteiger partial charge in [0.2, 0.25) is 0 Å². The molecule has 0 aliphatic heterocycles. The number of hydrogen-bond donors (Lipinski definition) is 2. The molecule has 2 saturated carbocycles. The maximum Gasteiger partial charge on any atom is 0.320 e. The average Bonchev–Trinajstić information content (AvgIpc) is 2.82. The fourth-order valence-corrected chi connectivity index (χ4v) is 6.89. The zero-order valence-corrected chi connectivity index (χ0v) is 19.8. The third kappa shape index (κ3) is 3.21. The number of methoxy groups -OCH3 is 2. The second kappa shape index (κ2) is 8.46. The Labute approximate surface area is 198 Å². The molecule has 180 valence electrons. The number of Topliss-reactive ketones (excluding diaryl/α,β-unsaturated/α-hetero) is 1. The fraction of sp³-hybridized carbons (Fsp3) is 0.444. The summed E-state index contributed by atoms with van der Waals surface area (Å²) < 4.78 is 10.5. The summed E-state index contributed by atoms with van der Waals surface area (Å²) in [6.07, 6.45) is 0.491. The van der Waals surface area contributed by atoms with E-state index in [4.69, 9.17) is 9.47 Å². The quantitative estimate of drug-likeness (QED) is 0.519. The largest absolute Gasteiger partial charge is 0.508 e. The predicted molar refractivity (Wildman–Crippen MR) is 123 cm³/mol. The molecular formula is C27H30O7. The van der Waals surface area contributed by atoms with Gasteiger partial charge in [-0.25, -0.2) is 0 Å². The third-order valence-corrected chi connectivity index (χ3v) is 7.87. The zero-order valence-electron chi connectivity index (χ0n) is 19.8. The van der Waals surface area contributed by atoms with Gasteiger partial charge in [0.15, 0.2) is 5.78 Å². The van der Waals surface area contributed by atoms with Crippen molar-refractivity contribution in [3.05, 3.63) is 59.7 Å². The van der Waals surface area contributed by atoms with Crippen LogP contribution in [0.15, 0.2) is 48.5 Å². The molecule has 0 amide bonds. The molecule has 0 radical (unpaired) electrons. The van der Waals surface area contributed by atoms with Gasteiger partial charge in [-0.15, -0.1) is 0 Å². The molecule has 4 unspecified atom stereocenters. The third-order valence-electron chi connectivity index (χ3n) is 7.87. The van der Waals surface area contributed by atoms with Crippen LogP contribution in [0.5, 0.6) is 11.5 Å². The smallest absolute Gasteiger partial charge is 0.320 e. The van der Waals surface area contributed by atoms with Crippen LogP contribution in [0, 0.1) is 22.7 Å². The number of phenolic OH excluding ortho intramolecular Hbond substituents is 2. The Hall–Kier alpha value is -3.35. The van der Waals surface area contributed by atoms with Crippen LogP contribution in [0.3, 0.4) is 0 Å². The van der Waals surface area contributed by atoms with Crippen LogP contribution in [-0.4, -0.2) is 42.2 Å². The van der Waals surface area contributed by atoms with Gasteiger partial charge in [-0.2, -0.15) is 0 Å². The summed E-state index contributed by atoms with van der Waals surface area (Å²) in [5, 5.41) is 19.7. The van der Waals surface area contributed by atoms with Crippen LogP contribution in [0.25, 0.3) is 0 Å². The van der Waals surface area contributed by atoms with E-state index in [-0.39, 0.29) is 36.2 Å². The first kappa shape index (κ1) is 23.8. The van der Waals surface area contributed by atoms with Crippen molar-refractivity contribution >= 4 is 17.7 Å². The molecule has 2 N–H and O–H groups in total. The van der Waals surface area contributed by atoms with Crippen LogP contribution in [0.4, 0.5) is 0 Å². The molecule has 7 nitrogen and oxygen atoms in total. The Morgan fingerprint density at radius 2 is 1.12 bits per heavy atom. The van der Waals surface area contributed by atoms with E-state index in [0.29, 0.717) is 11.1 Å². The maximum absolute atomic E-state index is 14.5. The van der Waals surface area contributed by atoms with E-state index >= 15 is 0 Å². The maximum atomic E-state index is 14.5. The standard InChI is InChI=1S/C27H30O7/c1-15-13-26(24(31)33-3)21(17-5-9-19(28)10-6-17)16(2)22(18-7-11-20(29)12-8-18)27(14-15,23(26)30)25(32)34-4/h5-12,15-16,21-22,28-29H,13-14H2,1-4H3. The van der Waals surface area contributed by atoms with Crippen LogP contribution < -0.4 is 0 Å². The molecule has 7 heteroatoms. The molecule has 0 spiro atoms. The molecule has 2 fully saturated rings. The van der Waals surface area contributed by atoms with Gasteiger partial charge in [0, 0.05) is 11.8 Å². The Kier molecular flexibility index (Phi) is 5.92. The summed E-state index contributed by atoms with van der Waals surface area (Å²) in [7, 11) is 2.52. The highest BCUT2D eigenvalue weighted by Gasteiger charge is 2.74. The van der Waals surface area contributed by atoms with Crippen LogP contribution in [-0.2, 0) is 23.9 Å². The zero-order chi connectivity index (χ0) is 24.8. The lowest BCUT2D eigenvalue weighted by atomic mass is 9.40. The summed E-state index contributed by atoms with van der Waals surface area (Å²) in [5.74, 6) is -3.38. The van der Waals surface area contributed by atoms with E-state index in [9.17, 15) is 24.6 Å². The summed E-state index contributed by atoms with van der Waals surface area (Å²) >= 11 is 0. The topological polar surface area (TPSA) is 110 Å². The van der Waals surface area contributed by atoms with Gasteiger partial charge in [-0.1, -0.05) is 38.1 Å². The first-order chi connectivity index (χ1) is 16.1. The number of hydrogen-bond acceptors (Lipinski definition) is 7. The first-order valence-electron chi connectivity index (χ1n) is 11.4. The Morgan fingerprint density at radius 3 is 1.44 bits per heavy atom. The van der Waals surface area contributed by atoms with Crippen molar-refractivity contribution in [2.75, 3.05) is 14.2 Å². The lowest BCUT2D eigenvalue weighted by molar-refractivity contribution is -0.189. The van der Waals surface area contributed by atoms with Crippen molar-refractivity contribution < 1.29 is 34.1 Å². The minimum atomic E-state index is -1.58. The molecule has 0 saturated heterocycles. The normalized spacial score (nSPS) is 32.6. The second-order valence-electron chi connectivity index (χ2n) is 9.77. The van der Waals surface area contributed by atoms with Gasteiger partial charge in [-0.3, -0.25) is 14.4 Å². The number of benzene rings is 2. The summed E-state index contributed by atoms with van der Waals surface area (Å²) in [6.45, 7) is 3.87.